The fourth-order valence-corrected chi connectivity index (χ4v) is 3.64. The second-order valence-corrected chi connectivity index (χ2v) is 6.71. The van der Waals surface area contributed by atoms with Crippen molar-refractivity contribution in [2.24, 2.45) is 0 Å². The molecule has 23 heavy (non-hydrogen) atoms. The molecule has 0 atom stereocenters. The average molecular weight is 353 g/mol. The standard InChI is InChI=1S/C14H15N3O4S2/c1-15-13(20)17-11(18)8-21-12(19)6-7-22-14-16-9-4-2-3-5-10(9)23-14/h2-5H,6-8H2,1H3,(H2,15,17,18,20). The van der Waals surface area contributed by atoms with Crippen LogP contribution in [0, 0.1) is 0 Å². The molecule has 2 aromatic rings. The van der Waals surface area contributed by atoms with E-state index in [9.17, 15) is 14.4 Å². The lowest BCUT2D eigenvalue weighted by Crippen LogP contribution is -2.39. The number of nitrogens with zero attached hydrogens (tertiary/aromatic N) is 1. The zero-order valence-electron chi connectivity index (χ0n) is 12.3. The van der Waals surface area contributed by atoms with E-state index in [0.717, 1.165) is 14.6 Å². The molecule has 1 heterocycles. The van der Waals surface area contributed by atoms with Crippen molar-refractivity contribution in [1.29, 1.82) is 0 Å². The van der Waals surface area contributed by atoms with Crippen molar-refractivity contribution in [2.45, 2.75) is 10.8 Å². The molecule has 7 nitrogen and oxygen atoms in total. The van der Waals surface area contributed by atoms with Gasteiger partial charge in [0.25, 0.3) is 5.91 Å². The van der Waals surface area contributed by atoms with Crippen molar-refractivity contribution in [3.05, 3.63) is 24.3 Å². The number of thiazole rings is 1. The van der Waals surface area contributed by atoms with Crippen LogP contribution in [0.2, 0.25) is 0 Å². The number of rotatable bonds is 6. The number of carbonyl (C=O) groups excluding carboxylic acids is 3. The Balaban J connectivity index is 1.68. The van der Waals surface area contributed by atoms with Gasteiger partial charge in [0.2, 0.25) is 0 Å². The maximum Gasteiger partial charge on any atom is 0.321 e. The lowest BCUT2D eigenvalue weighted by Gasteiger charge is -2.04. The zero-order valence-corrected chi connectivity index (χ0v) is 14.0. The van der Waals surface area contributed by atoms with E-state index in [1.165, 1.54) is 18.8 Å². The lowest BCUT2D eigenvalue weighted by atomic mass is 10.3. The summed E-state index contributed by atoms with van der Waals surface area (Å²) >= 11 is 3.03. The van der Waals surface area contributed by atoms with Crippen LogP contribution in [0.4, 0.5) is 4.79 Å². The number of thioether (sulfide) groups is 1. The second kappa shape index (κ2) is 8.49. The van der Waals surface area contributed by atoms with E-state index >= 15 is 0 Å². The van der Waals surface area contributed by atoms with Gasteiger partial charge in [-0.25, -0.2) is 9.78 Å². The fraction of sp³-hybridized carbons (Fsp3) is 0.286. The van der Waals surface area contributed by atoms with Crippen molar-refractivity contribution in [3.8, 4) is 0 Å². The summed E-state index contributed by atoms with van der Waals surface area (Å²) in [7, 11) is 1.38. The minimum absolute atomic E-state index is 0.161. The largest absolute Gasteiger partial charge is 0.456 e. The molecule has 0 saturated carbocycles. The number of para-hydroxylation sites is 1. The van der Waals surface area contributed by atoms with Gasteiger partial charge in [-0.2, -0.15) is 0 Å². The van der Waals surface area contributed by atoms with Gasteiger partial charge in [0.15, 0.2) is 10.9 Å². The van der Waals surface area contributed by atoms with Crippen LogP contribution in [0.25, 0.3) is 10.2 Å². The molecule has 0 aliphatic heterocycles. The summed E-state index contributed by atoms with van der Waals surface area (Å²) in [6.07, 6.45) is 0.161. The van der Waals surface area contributed by atoms with Crippen LogP contribution < -0.4 is 10.6 Å². The number of carbonyl (C=O) groups is 3. The average Bonchev–Trinajstić information content (AvgIpc) is 2.95. The van der Waals surface area contributed by atoms with E-state index in [-0.39, 0.29) is 6.42 Å². The zero-order chi connectivity index (χ0) is 16.7. The van der Waals surface area contributed by atoms with E-state index in [0.29, 0.717) is 5.75 Å². The molecule has 2 rings (SSSR count). The van der Waals surface area contributed by atoms with Gasteiger partial charge >= 0.3 is 12.0 Å². The van der Waals surface area contributed by atoms with Gasteiger partial charge in [0.05, 0.1) is 16.6 Å². The summed E-state index contributed by atoms with van der Waals surface area (Å²) in [5.41, 5.74) is 0.938. The molecule has 0 aliphatic rings. The Kier molecular flexibility index (Phi) is 6.36. The van der Waals surface area contributed by atoms with E-state index in [1.807, 2.05) is 29.6 Å². The van der Waals surface area contributed by atoms with E-state index < -0.39 is 24.5 Å². The van der Waals surface area contributed by atoms with Gasteiger partial charge in [-0.3, -0.25) is 14.9 Å². The minimum atomic E-state index is -0.670. The van der Waals surface area contributed by atoms with Crippen LogP contribution in [0.3, 0.4) is 0 Å². The highest BCUT2D eigenvalue weighted by Gasteiger charge is 2.11. The van der Waals surface area contributed by atoms with Crippen molar-refractivity contribution >= 4 is 51.2 Å². The van der Waals surface area contributed by atoms with Gasteiger partial charge in [-0.15, -0.1) is 11.3 Å². The topological polar surface area (TPSA) is 97.4 Å². The molecular weight excluding hydrogens is 338 g/mol. The van der Waals surface area contributed by atoms with Crippen molar-refractivity contribution in [1.82, 2.24) is 15.6 Å². The number of ether oxygens (including phenoxy) is 1. The second-order valence-electron chi connectivity index (χ2n) is 4.33. The maximum atomic E-state index is 11.5. The fourth-order valence-electron chi connectivity index (χ4n) is 1.58. The number of fused-ring (bicyclic) bond motifs is 1. The van der Waals surface area contributed by atoms with Gasteiger partial charge in [-0.05, 0) is 12.1 Å². The van der Waals surface area contributed by atoms with Crippen molar-refractivity contribution < 1.29 is 19.1 Å². The monoisotopic (exact) mass is 353 g/mol. The predicted octanol–water partition coefficient (Wildman–Crippen LogP) is 1.78. The van der Waals surface area contributed by atoms with Crippen LogP contribution in [0.15, 0.2) is 28.6 Å². The van der Waals surface area contributed by atoms with Crippen molar-refractivity contribution in [3.63, 3.8) is 0 Å². The first-order chi connectivity index (χ1) is 11.1. The molecule has 0 aliphatic carbocycles. The molecule has 0 fully saturated rings. The Morgan fingerprint density at radius 1 is 1.30 bits per heavy atom. The molecule has 0 spiro atoms. The molecule has 0 saturated heterocycles. The van der Waals surface area contributed by atoms with E-state index in [1.54, 1.807) is 11.3 Å². The predicted molar refractivity (Wildman–Crippen MR) is 88.5 cm³/mol. The van der Waals surface area contributed by atoms with Crippen LogP contribution >= 0.6 is 23.1 Å². The highest BCUT2D eigenvalue weighted by atomic mass is 32.2. The van der Waals surface area contributed by atoms with Gasteiger partial charge < -0.3 is 10.1 Å². The summed E-state index contributed by atoms with van der Waals surface area (Å²) in [6, 6.07) is 7.18. The van der Waals surface area contributed by atoms with E-state index in [4.69, 9.17) is 4.74 Å². The van der Waals surface area contributed by atoms with Crippen LogP contribution in [0.5, 0.6) is 0 Å². The van der Waals surface area contributed by atoms with Crippen LogP contribution in [-0.2, 0) is 14.3 Å². The molecule has 1 aromatic heterocycles. The molecule has 0 bridgehead atoms. The molecule has 0 unspecified atom stereocenters. The van der Waals surface area contributed by atoms with Gasteiger partial charge in [0.1, 0.15) is 0 Å². The lowest BCUT2D eigenvalue weighted by molar-refractivity contribution is -0.147. The number of imide groups is 1. The number of esters is 1. The molecular formula is C14H15N3O4S2. The Morgan fingerprint density at radius 2 is 2.09 bits per heavy atom. The third kappa shape index (κ3) is 5.53. The molecule has 122 valence electrons. The SMILES string of the molecule is CNC(=O)NC(=O)COC(=O)CCSc1nc2ccccc2s1. The summed E-state index contributed by atoms with van der Waals surface area (Å²) in [6.45, 7) is -0.474. The maximum absolute atomic E-state index is 11.5. The Morgan fingerprint density at radius 3 is 2.83 bits per heavy atom. The summed E-state index contributed by atoms with van der Waals surface area (Å²) in [5, 5.41) is 4.23. The Bertz CT molecular complexity index is 684. The molecule has 0 radical (unpaired) electrons. The van der Waals surface area contributed by atoms with Gasteiger partial charge in [0, 0.05) is 12.8 Å². The molecule has 1 aromatic carbocycles. The quantitative estimate of drug-likeness (QED) is 0.607. The number of aromatic nitrogens is 1. The number of urea groups is 1. The number of nitrogens with one attached hydrogen (secondary N) is 2. The van der Waals surface area contributed by atoms with Crippen LogP contribution in [0.1, 0.15) is 6.42 Å². The van der Waals surface area contributed by atoms with Crippen LogP contribution in [-0.4, -0.2) is 42.3 Å². The smallest absolute Gasteiger partial charge is 0.321 e. The Labute approximate surface area is 140 Å². The minimum Gasteiger partial charge on any atom is -0.456 e. The highest BCUT2D eigenvalue weighted by Crippen LogP contribution is 2.29. The van der Waals surface area contributed by atoms with Crippen molar-refractivity contribution in [2.75, 3.05) is 19.4 Å². The number of hydrogen-bond donors (Lipinski definition) is 2. The third-order valence-corrected chi connectivity index (χ3v) is 4.83. The van der Waals surface area contributed by atoms with Gasteiger partial charge in [-0.1, -0.05) is 23.9 Å². The summed E-state index contributed by atoms with van der Waals surface area (Å²) in [5.74, 6) is -0.655. The number of amides is 3. The molecule has 3 amide bonds. The highest BCUT2D eigenvalue weighted by molar-refractivity contribution is 8.01. The first-order valence-corrected chi connectivity index (χ1v) is 8.54. The normalized spacial score (nSPS) is 10.3. The number of benzene rings is 1. The van der Waals surface area contributed by atoms with E-state index in [2.05, 4.69) is 10.3 Å². The summed E-state index contributed by atoms with van der Waals surface area (Å²) < 4.78 is 6.77. The molecule has 9 heteroatoms. The third-order valence-electron chi connectivity index (χ3n) is 2.65. The molecule has 2 N–H and O–H groups in total. The first-order valence-electron chi connectivity index (χ1n) is 6.74. The first kappa shape index (κ1) is 17.2. The Hall–Kier alpha value is -2.13. The number of hydrogen-bond acceptors (Lipinski definition) is 7. The summed E-state index contributed by atoms with van der Waals surface area (Å²) in [4.78, 5) is 38.1.